The molecule has 36 heavy (non-hydrogen) atoms. The largest absolute Gasteiger partial charge is 0.490 e. The molecule has 2 saturated heterocycles. The van der Waals surface area contributed by atoms with E-state index in [2.05, 4.69) is 24.8 Å². The first kappa shape index (κ1) is 29.2. The first-order chi connectivity index (χ1) is 16.8. The molecule has 4 heterocycles. The summed E-state index contributed by atoms with van der Waals surface area (Å²) in [4.78, 5) is 35.3. The smallest absolute Gasteiger partial charge is 0.486 e. The highest BCUT2D eigenvalue weighted by Gasteiger charge is 2.39. The average molecular weight is 545 g/mol. The van der Waals surface area contributed by atoms with Gasteiger partial charge in [0, 0.05) is 50.2 Å². The quantitative estimate of drug-likeness (QED) is 0.553. The predicted octanol–water partition coefficient (Wildman–Crippen LogP) is 2.54. The number of aromatic nitrogens is 3. The molecule has 200 valence electrons. The number of thiazole rings is 1. The number of ether oxygens (including phenoxy) is 1. The number of carboxylic acids is 2. The molecule has 2 unspecified atom stereocenters. The Morgan fingerprint density at radius 3 is 2.11 bits per heavy atom. The number of nitrogens with zero attached hydrogens (tertiary/aromatic N) is 5. The Hall–Kier alpha value is -3.05. The molecule has 0 spiro atoms. The SMILES string of the molecule is O=C(O)C(F)(F)F.O=C(O)C(F)(F)F.c1ncc(OC2CC3CN(Cc4nccs4)CCN3C2)cn1. The molecule has 0 amide bonds. The van der Waals surface area contributed by atoms with Crippen LogP contribution in [0.15, 0.2) is 30.3 Å². The fraction of sp³-hybridized carbons (Fsp3) is 0.526. The number of halogens is 6. The molecule has 0 aliphatic carbocycles. The van der Waals surface area contributed by atoms with E-state index in [1.165, 1.54) is 11.3 Å². The van der Waals surface area contributed by atoms with Gasteiger partial charge in [0.1, 0.15) is 17.4 Å². The summed E-state index contributed by atoms with van der Waals surface area (Å²) in [6, 6.07) is 0.586. The van der Waals surface area contributed by atoms with Crippen LogP contribution in [0, 0.1) is 0 Å². The van der Waals surface area contributed by atoms with Gasteiger partial charge in [0.25, 0.3) is 0 Å². The van der Waals surface area contributed by atoms with E-state index >= 15 is 0 Å². The van der Waals surface area contributed by atoms with Gasteiger partial charge in [0.05, 0.1) is 18.9 Å². The maximum atomic E-state index is 10.6. The van der Waals surface area contributed by atoms with E-state index in [9.17, 15) is 26.3 Å². The van der Waals surface area contributed by atoms with Gasteiger partial charge in [-0.15, -0.1) is 11.3 Å². The van der Waals surface area contributed by atoms with Crippen molar-refractivity contribution in [1.29, 1.82) is 0 Å². The van der Waals surface area contributed by atoms with Crippen LogP contribution in [0.25, 0.3) is 0 Å². The molecule has 2 N–H and O–H groups in total. The van der Waals surface area contributed by atoms with Gasteiger partial charge in [0.15, 0.2) is 5.75 Å². The average Bonchev–Trinajstić information content (AvgIpc) is 3.43. The van der Waals surface area contributed by atoms with Crippen molar-refractivity contribution in [1.82, 2.24) is 24.8 Å². The normalized spacial score (nSPS) is 20.3. The van der Waals surface area contributed by atoms with E-state index in [4.69, 9.17) is 24.5 Å². The van der Waals surface area contributed by atoms with Gasteiger partial charge in [-0.3, -0.25) is 9.80 Å². The molecule has 0 saturated carbocycles. The third kappa shape index (κ3) is 9.90. The molecule has 2 aromatic rings. The lowest BCUT2D eigenvalue weighted by Gasteiger charge is -2.36. The third-order valence-electron chi connectivity index (χ3n) is 4.83. The minimum atomic E-state index is -5.08. The molecule has 2 fully saturated rings. The maximum Gasteiger partial charge on any atom is 0.490 e. The number of fused-ring (bicyclic) bond motifs is 1. The predicted molar refractivity (Wildman–Crippen MR) is 111 cm³/mol. The molecule has 0 radical (unpaired) electrons. The number of rotatable bonds is 4. The van der Waals surface area contributed by atoms with Crippen LogP contribution < -0.4 is 4.74 Å². The molecule has 0 aromatic carbocycles. The van der Waals surface area contributed by atoms with Crippen LogP contribution in [0.2, 0.25) is 0 Å². The summed E-state index contributed by atoms with van der Waals surface area (Å²) in [7, 11) is 0. The Morgan fingerprint density at radius 1 is 1.03 bits per heavy atom. The van der Waals surface area contributed by atoms with Crippen LogP contribution in [0.4, 0.5) is 26.3 Å². The standard InChI is InChI=1S/C15H19N5OS.2C2HF3O2/c1-4-22-15(18-1)10-19-2-3-20-9-13(5-12(20)8-19)21-14-6-16-11-17-7-14;2*3-2(4,5)1(6)7/h1,4,6-7,11-13H,2-3,5,8-10H2;2*(H,6,7). The van der Waals surface area contributed by atoms with Crippen LogP contribution in [0.3, 0.4) is 0 Å². The van der Waals surface area contributed by atoms with Gasteiger partial charge in [-0.1, -0.05) is 0 Å². The van der Waals surface area contributed by atoms with Gasteiger partial charge >= 0.3 is 24.3 Å². The molecular formula is C19H21F6N5O5S. The van der Waals surface area contributed by atoms with Crippen molar-refractivity contribution in [2.45, 2.75) is 37.5 Å². The Labute approximate surface area is 204 Å². The molecule has 2 aromatic heterocycles. The number of alkyl halides is 6. The van der Waals surface area contributed by atoms with Crippen molar-refractivity contribution in [3.63, 3.8) is 0 Å². The monoisotopic (exact) mass is 545 g/mol. The van der Waals surface area contributed by atoms with E-state index < -0.39 is 24.3 Å². The first-order valence-electron chi connectivity index (χ1n) is 10.1. The van der Waals surface area contributed by atoms with Crippen LogP contribution in [0.5, 0.6) is 5.75 Å². The van der Waals surface area contributed by atoms with Gasteiger partial charge in [-0.2, -0.15) is 26.3 Å². The highest BCUT2D eigenvalue weighted by Crippen LogP contribution is 2.26. The fourth-order valence-electron chi connectivity index (χ4n) is 3.35. The summed E-state index contributed by atoms with van der Waals surface area (Å²) in [6.45, 7) is 5.30. The zero-order valence-electron chi connectivity index (χ0n) is 18.3. The van der Waals surface area contributed by atoms with Crippen LogP contribution in [-0.4, -0.2) is 97.6 Å². The minimum absolute atomic E-state index is 0.246. The van der Waals surface area contributed by atoms with Crippen molar-refractivity contribution >= 4 is 23.3 Å². The number of aliphatic carboxylic acids is 2. The first-order valence-corrected chi connectivity index (χ1v) is 11.0. The van der Waals surface area contributed by atoms with E-state index in [0.717, 1.165) is 44.9 Å². The molecule has 2 aliphatic rings. The van der Waals surface area contributed by atoms with Gasteiger partial charge < -0.3 is 14.9 Å². The zero-order valence-corrected chi connectivity index (χ0v) is 19.1. The molecule has 2 aliphatic heterocycles. The minimum Gasteiger partial charge on any atom is -0.486 e. The Kier molecular flexibility index (Phi) is 10.4. The summed E-state index contributed by atoms with van der Waals surface area (Å²) in [6.07, 6.45) is -1.96. The van der Waals surface area contributed by atoms with Crippen LogP contribution >= 0.6 is 11.3 Å². The van der Waals surface area contributed by atoms with Crippen molar-refractivity contribution in [3.05, 3.63) is 35.3 Å². The number of carbonyl (C=O) groups is 2. The molecule has 4 rings (SSSR count). The zero-order chi connectivity index (χ0) is 26.9. The highest BCUT2D eigenvalue weighted by atomic mass is 32.1. The van der Waals surface area contributed by atoms with E-state index in [1.807, 2.05) is 11.6 Å². The van der Waals surface area contributed by atoms with E-state index in [-0.39, 0.29) is 6.10 Å². The second-order valence-electron chi connectivity index (χ2n) is 7.47. The van der Waals surface area contributed by atoms with E-state index in [1.54, 1.807) is 23.7 Å². The van der Waals surface area contributed by atoms with Crippen molar-refractivity contribution in [3.8, 4) is 5.75 Å². The summed E-state index contributed by atoms with van der Waals surface area (Å²) < 4.78 is 69.5. The summed E-state index contributed by atoms with van der Waals surface area (Å²) in [5.74, 6) is -4.74. The summed E-state index contributed by atoms with van der Waals surface area (Å²) >= 11 is 1.74. The summed E-state index contributed by atoms with van der Waals surface area (Å²) in [5, 5.41) is 17.5. The van der Waals surface area contributed by atoms with Gasteiger partial charge in [-0.05, 0) is 0 Å². The van der Waals surface area contributed by atoms with Gasteiger partial charge in [0.2, 0.25) is 0 Å². The van der Waals surface area contributed by atoms with E-state index in [0.29, 0.717) is 6.04 Å². The van der Waals surface area contributed by atoms with Crippen LogP contribution in [0.1, 0.15) is 11.4 Å². The second kappa shape index (κ2) is 12.8. The second-order valence-corrected chi connectivity index (χ2v) is 8.44. The molecule has 17 heteroatoms. The van der Waals surface area contributed by atoms with Crippen molar-refractivity contribution in [2.24, 2.45) is 0 Å². The molecule has 10 nitrogen and oxygen atoms in total. The van der Waals surface area contributed by atoms with Crippen molar-refractivity contribution < 1.29 is 50.9 Å². The number of carboxylic acid groups (broad SMARTS) is 2. The number of hydrogen-bond donors (Lipinski definition) is 2. The van der Waals surface area contributed by atoms with Crippen molar-refractivity contribution in [2.75, 3.05) is 26.2 Å². The molecule has 2 atom stereocenters. The number of hydrogen-bond acceptors (Lipinski definition) is 9. The molecule has 0 bridgehead atoms. The lowest BCUT2D eigenvalue weighted by Crippen LogP contribution is -2.49. The lowest BCUT2D eigenvalue weighted by molar-refractivity contribution is -0.193. The topological polar surface area (TPSA) is 129 Å². The fourth-order valence-corrected chi connectivity index (χ4v) is 4.01. The Morgan fingerprint density at radius 2 is 1.61 bits per heavy atom. The number of piperazine rings is 1. The molecular weight excluding hydrogens is 524 g/mol. The summed E-state index contributed by atoms with van der Waals surface area (Å²) in [5.41, 5.74) is 0. The Balaban J connectivity index is 0.000000271. The van der Waals surface area contributed by atoms with Gasteiger partial charge in [-0.25, -0.2) is 24.5 Å². The lowest BCUT2D eigenvalue weighted by atomic mass is 10.1. The highest BCUT2D eigenvalue weighted by molar-refractivity contribution is 7.09. The third-order valence-corrected chi connectivity index (χ3v) is 5.59. The van der Waals surface area contributed by atoms with Crippen LogP contribution in [-0.2, 0) is 16.1 Å². The Bertz CT molecular complexity index is 940. The maximum absolute atomic E-state index is 10.6.